The van der Waals surface area contributed by atoms with Crippen LogP contribution in [-0.2, 0) is 4.79 Å². The van der Waals surface area contributed by atoms with Crippen molar-refractivity contribution in [3.8, 4) is 33.9 Å². The smallest absolute Gasteiger partial charge is 0.308 e. The van der Waals surface area contributed by atoms with Gasteiger partial charge in [0.2, 0.25) is 0 Å². The molecule has 0 aliphatic heterocycles. The van der Waals surface area contributed by atoms with Crippen LogP contribution in [0.15, 0.2) is 79.0 Å². The fourth-order valence-corrected chi connectivity index (χ4v) is 6.67. The van der Waals surface area contributed by atoms with Crippen LogP contribution in [0.4, 0.5) is 10.2 Å². The summed E-state index contributed by atoms with van der Waals surface area (Å²) in [7, 11) is 0. The summed E-state index contributed by atoms with van der Waals surface area (Å²) in [5.74, 6) is -0.253. The molecule has 2 atom stereocenters. The largest absolute Gasteiger partial charge is 0.481 e. The number of aromatic amines is 1. The van der Waals surface area contributed by atoms with Gasteiger partial charge in [0.25, 0.3) is 0 Å². The molecular weight excluding hydrogens is 505 g/mol. The minimum absolute atomic E-state index is 0.169. The summed E-state index contributed by atoms with van der Waals surface area (Å²) < 4.78 is 14.5. The zero-order chi connectivity index (χ0) is 27.2. The van der Waals surface area contributed by atoms with Gasteiger partial charge in [0.1, 0.15) is 17.3 Å². The summed E-state index contributed by atoms with van der Waals surface area (Å²) >= 11 is 0. The van der Waals surface area contributed by atoms with E-state index in [1.165, 1.54) is 12.3 Å². The first-order valence-electron chi connectivity index (χ1n) is 13.7. The van der Waals surface area contributed by atoms with Gasteiger partial charge in [-0.3, -0.25) is 4.79 Å². The molecule has 3 saturated carbocycles. The molecule has 8 heteroatoms. The first kappa shape index (κ1) is 24.5. The van der Waals surface area contributed by atoms with Gasteiger partial charge < -0.3 is 15.4 Å². The number of fused-ring (bicyclic) bond motifs is 4. The lowest BCUT2D eigenvalue weighted by atomic mass is 9.61. The van der Waals surface area contributed by atoms with E-state index in [9.17, 15) is 14.3 Å². The number of carboxylic acids is 1. The van der Waals surface area contributed by atoms with Gasteiger partial charge in [0.15, 0.2) is 5.82 Å². The van der Waals surface area contributed by atoms with E-state index < -0.39 is 17.7 Å². The molecule has 0 amide bonds. The molecule has 3 aliphatic rings. The monoisotopic (exact) mass is 533 g/mol. The number of nitrogens with one attached hydrogen (secondary N) is 2. The van der Waals surface area contributed by atoms with Gasteiger partial charge >= 0.3 is 5.97 Å². The quantitative estimate of drug-likeness (QED) is 0.222. The Bertz CT molecular complexity index is 1700. The number of benzene rings is 2. The minimum Gasteiger partial charge on any atom is -0.481 e. The highest BCUT2D eigenvalue weighted by Crippen LogP contribution is 2.46. The molecule has 2 bridgehead atoms. The number of hydrogen-bond donors (Lipinski definition) is 3. The molecule has 3 heterocycles. The van der Waals surface area contributed by atoms with Gasteiger partial charge in [0.05, 0.1) is 29.1 Å². The number of aromatic nitrogens is 4. The van der Waals surface area contributed by atoms with Crippen LogP contribution in [0.25, 0.3) is 44.9 Å². The first-order valence-corrected chi connectivity index (χ1v) is 13.7. The lowest BCUT2D eigenvalue weighted by Crippen LogP contribution is -2.51. The summed E-state index contributed by atoms with van der Waals surface area (Å²) in [6.07, 6.45) is 5.13. The number of rotatable bonds is 6. The summed E-state index contributed by atoms with van der Waals surface area (Å²) in [5.41, 5.74) is 4.42. The molecule has 0 saturated heterocycles. The molecule has 3 fully saturated rings. The Labute approximate surface area is 230 Å². The van der Waals surface area contributed by atoms with Crippen molar-refractivity contribution in [2.75, 3.05) is 5.32 Å². The molecule has 2 aromatic carbocycles. The van der Waals surface area contributed by atoms with E-state index in [-0.39, 0.29) is 17.9 Å². The third-order valence-electron chi connectivity index (χ3n) is 8.52. The molecule has 3 N–H and O–H groups in total. The molecule has 8 rings (SSSR count). The van der Waals surface area contributed by atoms with Crippen LogP contribution in [0.1, 0.15) is 25.7 Å². The van der Waals surface area contributed by atoms with E-state index in [0.717, 1.165) is 42.5 Å². The second-order valence-electron chi connectivity index (χ2n) is 10.8. The normalized spacial score (nSPS) is 21.9. The molecule has 3 aliphatic carbocycles. The molecule has 200 valence electrons. The molecule has 5 aromatic rings. The zero-order valence-corrected chi connectivity index (χ0v) is 21.7. The van der Waals surface area contributed by atoms with Crippen molar-refractivity contribution < 1.29 is 14.3 Å². The van der Waals surface area contributed by atoms with Crippen LogP contribution in [0.5, 0.6) is 0 Å². The zero-order valence-electron chi connectivity index (χ0n) is 21.7. The number of aliphatic carboxylic acids is 1. The SMILES string of the molecule is O=C(O)C1C2CCC(CC2)C1Nc1cc(-c2ccccc2)nc(-c2c(-c3ccccc3)[nH]c3ncc(F)cc23)n1. The highest BCUT2D eigenvalue weighted by molar-refractivity contribution is 6.01. The number of nitrogens with zero attached hydrogens (tertiary/aromatic N) is 3. The van der Waals surface area contributed by atoms with Crippen LogP contribution in [0.3, 0.4) is 0 Å². The van der Waals surface area contributed by atoms with E-state index >= 15 is 0 Å². The lowest BCUT2D eigenvalue weighted by Gasteiger charge is -2.47. The Morgan fingerprint density at radius 1 is 0.900 bits per heavy atom. The maximum atomic E-state index is 14.5. The number of hydrogen-bond acceptors (Lipinski definition) is 5. The summed E-state index contributed by atoms with van der Waals surface area (Å²) in [5, 5.41) is 14.3. The number of pyridine rings is 1. The third-order valence-corrected chi connectivity index (χ3v) is 8.52. The van der Waals surface area contributed by atoms with E-state index in [1.807, 2.05) is 66.7 Å². The van der Waals surface area contributed by atoms with Gasteiger partial charge in [0, 0.05) is 23.1 Å². The third kappa shape index (κ3) is 4.29. The maximum absolute atomic E-state index is 14.5. The van der Waals surface area contributed by atoms with Crippen molar-refractivity contribution in [3.63, 3.8) is 0 Å². The minimum atomic E-state index is -0.756. The molecule has 0 radical (unpaired) electrons. The Hall–Kier alpha value is -4.59. The number of anilines is 1. The Morgan fingerprint density at radius 2 is 1.57 bits per heavy atom. The number of H-pyrrole nitrogens is 1. The highest BCUT2D eigenvalue weighted by atomic mass is 19.1. The lowest BCUT2D eigenvalue weighted by molar-refractivity contribution is -0.148. The van der Waals surface area contributed by atoms with Gasteiger partial charge in [-0.2, -0.15) is 0 Å². The Kier molecular flexibility index (Phi) is 6.03. The maximum Gasteiger partial charge on any atom is 0.308 e. The Balaban J connectivity index is 1.42. The predicted octanol–water partition coefficient (Wildman–Crippen LogP) is 6.79. The van der Waals surface area contributed by atoms with Crippen LogP contribution in [0, 0.1) is 23.6 Å². The molecule has 40 heavy (non-hydrogen) atoms. The topological polar surface area (TPSA) is 104 Å². The number of carbonyl (C=O) groups is 1. The van der Waals surface area contributed by atoms with E-state index in [0.29, 0.717) is 33.9 Å². The molecule has 3 aromatic heterocycles. The van der Waals surface area contributed by atoms with Crippen LogP contribution in [0.2, 0.25) is 0 Å². The van der Waals surface area contributed by atoms with Crippen molar-refractivity contribution in [2.45, 2.75) is 31.7 Å². The van der Waals surface area contributed by atoms with Crippen molar-refractivity contribution in [1.82, 2.24) is 19.9 Å². The molecule has 2 unspecified atom stereocenters. The Morgan fingerprint density at radius 3 is 2.27 bits per heavy atom. The average Bonchev–Trinajstić information content (AvgIpc) is 3.37. The molecule has 7 nitrogen and oxygen atoms in total. The molecule has 0 spiro atoms. The van der Waals surface area contributed by atoms with Crippen LogP contribution >= 0.6 is 0 Å². The average molecular weight is 534 g/mol. The fourth-order valence-electron chi connectivity index (χ4n) is 6.67. The van der Waals surface area contributed by atoms with Crippen molar-refractivity contribution in [3.05, 3.63) is 84.8 Å². The summed E-state index contributed by atoms with van der Waals surface area (Å²) in [6, 6.07) is 22.7. The van der Waals surface area contributed by atoms with Crippen LogP contribution < -0.4 is 5.32 Å². The van der Waals surface area contributed by atoms with Gasteiger partial charge in [-0.25, -0.2) is 19.3 Å². The van der Waals surface area contributed by atoms with Crippen LogP contribution in [-0.4, -0.2) is 37.1 Å². The molecular formula is C32H28FN5O2. The van der Waals surface area contributed by atoms with Crippen molar-refractivity contribution in [2.24, 2.45) is 17.8 Å². The van der Waals surface area contributed by atoms with E-state index in [4.69, 9.17) is 9.97 Å². The number of carboxylic acid groups (broad SMARTS) is 1. The van der Waals surface area contributed by atoms with E-state index in [1.54, 1.807) is 0 Å². The standard InChI is InChI=1S/C32H28FN5O2/c33-22-15-23-27(29(38-30(23)34-17-22)20-9-5-2-6-10-20)31-35-24(18-7-3-1-4-8-18)16-25(37-31)36-28-21-13-11-19(12-14-21)26(28)32(39)40/h1-10,15-17,19,21,26,28H,11-14H2,(H,34,38)(H,39,40)(H,35,36,37). The fraction of sp³-hybridized carbons (Fsp3) is 0.250. The number of halogens is 1. The van der Waals surface area contributed by atoms with Gasteiger partial charge in [-0.15, -0.1) is 0 Å². The second kappa shape index (κ2) is 9.86. The summed E-state index contributed by atoms with van der Waals surface area (Å²) in [6.45, 7) is 0. The first-order chi connectivity index (χ1) is 19.5. The predicted molar refractivity (Wildman–Crippen MR) is 152 cm³/mol. The van der Waals surface area contributed by atoms with Gasteiger partial charge in [-0.05, 0) is 49.1 Å². The second-order valence-corrected chi connectivity index (χ2v) is 10.8. The highest BCUT2D eigenvalue weighted by Gasteiger charge is 2.47. The van der Waals surface area contributed by atoms with E-state index in [2.05, 4.69) is 15.3 Å². The van der Waals surface area contributed by atoms with Crippen molar-refractivity contribution >= 4 is 22.8 Å². The van der Waals surface area contributed by atoms with Gasteiger partial charge in [-0.1, -0.05) is 60.7 Å². The van der Waals surface area contributed by atoms with Crippen molar-refractivity contribution in [1.29, 1.82) is 0 Å². The summed E-state index contributed by atoms with van der Waals surface area (Å²) in [4.78, 5) is 29.9.